The van der Waals surface area contributed by atoms with Crippen LogP contribution in [0.15, 0.2) is 53.4 Å². The Kier molecular flexibility index (Phi) is 6.73. The number of para-hydroxylation sites is 2. The molecule has 8 nitrogen and oxygen atoms in total. The summed E-state index contributed by atoms with van der Waals surface area (Å²) in [5.74, 6) is 0.662. The Hall–Kier alpha value is -2.62. The maximum atomic E-state index is 12.7. The van der Waals surface area contributed by atoms with Crippen LogP contribution in [0, 0.1) is 0 Å². The maximum absolute atomic E-state index is 12.7. The lowest BCUT2D eigenvalue weighted by Gasteiger charge is -2.29. The summed E-state index contributed by atoms with van der Waals surface area (Å²) in [5, 5.41) is 2.70. The predicted molar refractivity (Wildman–Crippen MR) is 109 cm³/mol. The van der Waals surface area contributed by atoms with Crippen LogP contribution in [0.1, 0.15) is 0 Å². The Labute approximate surface area is 171 Å². The van der Waals surface area contributed by atoms with E-state index in [4.69, 9.17) is 9.47 Å². The van der Waals surface area contributed by atoms with Gasteiger partial charge in [-0.1, -0.05) is 12.1 Å². The van der Waals surface area contributed by atoms with Gasteiger partial charge >= 0.3 is 0 Å². The molecule has 1 aliphatic rings. The summed E-state index contributed by atoms with van der Waals surface area (Å²) in [6, 6.07) is 13.2. The molecule has 0 radical (unpaired) electrons. The van der Waals surface area contributed by atoms with E-state index in [2.05, 4.69) is 12.4 Å². The van der Waals surface area contributed by atoms with Crippen LogP contribution in [-0.4, -0.2) is 65.6 Å². The second-order valence-electron chi connectivity index (χ2n) is 6.87. The second kappa shape index (κ2) is 9.25. The van der Waals surface area contributed by atoms with Crippen LogP contribution in [-0.2, 0) is 14.8 Å². The molecule has 0 spiro atoms. The van der Waals surface area contributed by atoms with E-state index in [1.807, 2.05) is 6.07 Å². The Balaban J connectivity index is 1.58. The topological polar surface area (TPSA) is 89.4 Å². The normalized spacial score (nSPS) is 15.7. The highest BCUT2D eigenvalue weighted by Gasteiger charge is 2.29. The lowest BCUT2D eigenvalue weighted by Crippen LogP contribution is -3.12. The lowest BCUT2D eigenvalue weighted by molar-refractivity contribution is -0.883. The van der Waals surface area contributed by atoms with E-state index in [1.54, 1.807) is 30.3 Å². The van der Waals surface area contributed by atoms with E-state index in [9.17, 15) is 13.2 Å². The molecule has 2 aromatic carbocycles. The fourth-order valence-corrected chi connectivity index (χ4v) is 4.49. The molecule has 2 aromatic rings. The zero-order chi connectivity index (χ0) is 20.9. The van der Waals surface area contributed by atoms with E-state index in [0.29, 0.717) is 30.3 Å². The van der Waals surface area contributed by atoms with Crippen molar-refractivity contribution in [1.29, 1.82) is 0 Å². The molecular formula is C20H26N3O5S+. The van der Waals surface area contributed by atoms with Crippen LogP contribution < -0.4 is 19.7 Å². The summed E-state index contributed by atoms with van der Waals surface area (Å²) in [4.78, 5) is 13.7. The first kappa shape index (κ1) is 21.1. The summed E-state index contributed by atoms with van der Waals surface area (Å²) in [7, 11) is 0.0676. The molecule has 1 saturated heterocycles. The van der Waals surface area contributed by atoms with Crippen molar-refractivity contribution in [3.05, 3.63) is 48.5 Å². The number of carbonyl (C=O) groups excluding carboxylic acids is 1. The van der Waals surface area contributed by atoms with Gasteiger partial charge in [0.05, 0.1) is 45.2 Å². The monoisotopic (exact) mass is 420 g/mol. The first-order valence-electron chi connectivity index (χ1n) is 9.37. The SMILES string of the molecule is COc1ccccc1OCC(=O)Nc1ccc(S(=O)(=O)N2CC[NH+](C)CC2)cc1. The number of hydrogen-bond acceptors (Lipinski definition) is 5. The van der Waals surface area contributed by atoms with Crippen LogP contribution in [0.5, 0.6) is 11.5 Å². The third kappa shape index (κ3) is 5.26. The lowest BCUT2D eigenvalue weighted by atomic mass is 10.3. The van der Waals surface area contributed by atoms with Gasteiger partial charge in [0.2, 0.25) is 10.0 Å². The summed E-state index contributed by atoms with van der Waals surface area (Å²) in [6.45, 7) is 2.41. The number of amides is 1. The minimum Gasteiger partial charge on any atom is -0.493 e. The van der Waals surface area contributed by atoms with Gasteiger partial charge in [0.15, 0.2) is 18.1 Å². The molecule has 0 atom stereocenters. The highest BCUT2D eigenvalue weighted by molar-refractivity contribution is 7.89. The van der Waals surface area contributed by atoms with E-state index in [0.717, 1.165) is 13.1 Å². The van der Waals surface area contributed by atoms with Crippen molar-refractivity contribution in [3.63, 3.8) is 0 Å². The molecule has 1 aliphatic heterocycles. The summed E-state index contributed by atoms with van der Waals surface area (Å²) < 4.78 is 37.7. The van der Waals surface area contributed by atoms with Crippen LogP contribution in [0.2, 0.25) is 0 Å². The molecule has 156 valence electrons. The molecule has 0 aromatic heterocycles. The Morgan fingerprint density at radius 2 is 1.69 bits per heavy atom. The van der Waals surface area contributed by atoms with Gasteiger partial charge in [0.1, 0.15) is 0 Å². The first-order valence-corrected chi connectivity index (χ1v) is 10.8. The largest absolute Gasteiger partial charge is 0.493 e. The zero-order valence-electron chi connectivity index (χ0n) is 16.6. The third-order valence-corrected chi connectivity index (χ3v) is 6.69. The summed E-state index contributed by atoms with van der Waals surface area (Å²) >= 11 is 0. The van der Waals surface area contributed by atoms with E-state index in [-0.39, 0.29) is 17.4 Å². The number of sulfonamides is 1. The Morgan fingerprint density at radius 1 is 1.07 bits per heavy atom. The van der Waals surface area contributed by atoms with Crippen molar-refractivity contribution in [2.75, 3.05) is 52.3 Å². The van der Waals surface area contributed by atoms with Crippen molar-refractivity contribution in [1.82, 2.24) is 4.31 Å². The van der Waals surface area contributed by atoms with Gasteiger partial charge in [0.25, 0.3) is 5.91 Å². The molecule has 1 fully saturated rings. The van der Waals surface area contributed by atoms with Crippen LogP contribution in [0.3, 0.4) is 0 Å². The Bertz CT molecular complexity index is 939. The number of nitrogens with one attached hydrogen (secondary N) is 2. The molecule has 1 heterocycles. The average molecular weight is 421 g/mol. The van der Waals surface area contributed by atoms with Gasteiger partial charge in [-0.2, -0.15) is 4.31 Å². The number of nitrogens with zero attached hydrogens (tertiary/aromatic N) is 1. The summed E-state index contributed by atoms with van der Waals surface area (Å²) in [5.41, 5.74) is 0.500. The zero-order valence-corrected chi connectivity index (χ0v) is 17.4. The minimum atomic E-state index is -3.52. The molecule has 0 bridgehead atoms. The molecule has 0 unspecified atom stereocenters. The van der Waals surface area contributed by atoms with E-state index in [1.165, 1.54) is 28.4 Å². The molecule has 0 saturated carbocycles. The molecule has 0 aliphatic carbocycles. The standard InChI is InChI=1S/C20H25N3O5S/c1-22-11-13-23(14-12-22)29(25,26)17-9-7-16(8-10-17)21-20(24)15-28-19-6-4-3-5-18(19)27-2/h3-10H,11-15H2,1-2H3,(H,21,24)/p+1. The molecule has 29 heavy (non-hydrogen) atoms. The first-order chi connectivity index (χ1) is 13.9. The quantitative estimate of drug-likeness (QED) is 0.670. The van der Waals surface area contributed by atoms with Gasteiger partial charge < -0.3 is 19.7 Å². The number of rotatable bonds is 7. The fourth-order valence-electron chi connectivity index (χ4n) is 3.05. The van der Waals surface area contributed by atoms with Crippen molar-refractivity contribution < 1.29 is 27.6 Å². The van der Waals surface area contributed by atoms with Gasteiger partial charge in [0, 0.05) is 5.69 Å². The van der Waals surface area contributed by atoms with E-state index < -0.39 is 10.0 Å². The number of methoxy groups -OCH3 is 1. The predicted octanol–water partition coefficient (Wildman–Crippen LogP) is 0.232. The van der Waals surface area contributed by atoms with Gasteiger partial charge in [-0.15, -0.1) is 0 Å². The van der Waals surface area contributed by atoms with Crippen LogP contribution in [0.25, 0.3) is 0 Å². The number of carbonyl (C=O) groups is 1. The molecule has 9 heteroatoms. The number of quaternary nitrogens is 1. The number of likely N-dealkylation sites (N-methyl/N-ethyl adjacent to an activating group) is 1. The highest BCUT2D eigenvalue weighted by Crippen LogP contribution is 2.25. The molecule has 3 rings (SSSR count). The van der Waals surface area contributed by atoms with Gasteiger partial charge in [-0.05, 0) is 36.4 Å². The number of anilines is 1. The molecular weight excluding hydrogens is 394 g/mol. The smallest absolute Gasteiger partial charge is 0.262 e. The molecule has 1 amide bonds. The Morgan fingerprint density at radius 3 is 2.31 bits per heavy atom. The maximum Gasteiger partial charge on any atom is 0.262 e. The fraction of sp³-hybridized carbons (Fsp3) is 0.350. The van der Waals surface area contributed by atoms with Crippen molar-refractivity contribution in [2.45, 2.75) is 4.90 Å². The third-order valence-electron chi connectivity index (χ3n) is 4.78. The van der Waals surface area contributed by atoms with Crippen molar-refractivity contribution in [3.8, 4) is 11.5 Å². The molecule has 2 N–H and O–H groups in total. The highest BCUT2D eigenvalue weighted by atomic mass is 32.2. The van der Waals surface area contributed by atoms with Crippen molar-refractivity contribution >= 4 is 21.6 Å². The number of hydrogen-bond donors (Lipinski definition) is 2. The van der Waals surface area contributed by atoms with Crippen LogP contribution in [0.4, 0.5) is 5.69 Å². The average Bonchev–Trinajstić information content (AvgIpc) is 2.73. The number of piperazine rings is 1. The number of benzene rings is 2. The summed E-state index contributed by atoms with van der Waals surface area (Å²) in [6.07, 6.45) is 0. The van der Waals surface area contributed by atoms with Crippen LogP contribution >= 0.6 is 0 Å². The number of ether oxygens (including phenoxy) is 2. The van der Waals surface area contributed by atoms with Gasteiger partial charge in [-0.25, -0.2) is 8.42 Å². The van der Waals surface area contributed by atoms with E-state index >= 15 is 0 Å². The second-order valence-corrected chi connectivity index (χ2v) is 8.81. The van der Waals surface area contributed by atoms with Crippen molar-refractivity contribution in [2.24, 2.45) is 0 Å². The minimum absolute atomic E-state index is 0.190. The van der Waals surface area contributed by atoms with Gasteiger partial charge in [-0.3, -0.25) is 4.79 Å².